The van der Waals surface area contributed by atoms with Gasteiger partial charge in [0.1, 0.15) is 17.2 Å². The van der Waals surface area contributed by atoms with Crippen LogP contribution in [-0.4, -0.2) is 20.2 Å². The molecule has 0 radical (unpaired) electrons. The maximum atomic E-state index is 11.3. The van der Waals surface area contributed by atoms with E-state index in [-0.39, 0.29) is 17.1 Å². The quantitative estimate of drug-likeness (QED) is 0.276. The van der Waals surface area contributed by atoms with Crippen LogP contribution >= 0.6 is 31.5 Å². The summed E-state index contributed by atoms with van der Waals surface area (Å²) in [5.74, 6) is 1.13. The number of rotatable bonds is 6. The molecule has 0 fully saturated rings. The summed E-state index contributed by atoms with van der Waals surface area (Å²) in [7, 11) is -3.13. The van der Waals surface area contributed by atoms with E-state index >= 15 is 0 Å². The fraction of sp³-hybridized carbons (Fsp3) is 0.333. The number of halogens is 2. The number of hydrogen-bond acceptors (Lipinski definition) is 5. The van der Waals surface area contributed by atoms with E-state index < -0.39 is 13.2 Å². The summed E-state index contributed by atoms with van der Waals surface area (Å²) in [5.41, 5.74) is 0.0518. The lowest BCUT2D eigenvalue weighted by Gasteiger charge is -2.31. The Balaban J connectivity index is 0.000000960. The van der Waals surface area contributed by atoms with Gasteiger partial charge in [-0.15, -0.1) is 0 Å². The average Bonchev–Trinajstić information content (AvgIpc) is 2.56. The van der Waals surface area contributed by atoms with Crippen LogP contribution in [0.15, 0.2) is 36.4 Å². The highest BCUT2D eigenvalue weighted by Gasteiger charge is 2.26. The molecule has 0 aromatic heterocycles. The molecule has 0 saturated carbocycles. The summed E-state index contributed by atoms with van der Waals surface area (Å²) in [6, 6.07) is 9.44. The Kier molecular flexibility index (Phi) is 9.39. The first-order valence-electron chi connectivity index (χ1n) is 8.45. The number of hydrogen-bond donors (Lipinski definition) is 3. The van der Waals surface area contributed by atoms with Crippen molar-refractivity contribution in [3.05, 3.63) is 56.6 Å². The normalized spacial score (nSPS) is 11.1. The van der Waals surface area contributed by atoms with E-state index in [2.05, 4.69) is 5.32 Å². The van der Waals surface area contributed by atoms with Gasteiger partial charge < -0.3 is 19.8 Å². The van der Waals surface area contributed by atoms with E-state index in [1.54, 1.807) is 24.3 Å². The molecular weight excluding hydrogens is 442 g/mol. The number of nitro groups is 1. The van der Waals surface area contributed by atoms with Crippen LogP contribution in [0.25, 0.3) is 0 Å². The van der Waals surface area contributed by atoms with E-state index in [0.29, 0.717) is 27.2 Å². The minimum atomic E-state index is -3.13. The van der Waals surface area contributed by atoms with Crippen molar-refractivity contribution in [2.24, 2.45) is 5.92 Å². The molecule has 0 amide bonds. The van der Waals surface area contributed by atoms with Crippen LogP contribution in [0, 0.1) is 16.0 Å². The first kappa shape index (κ1) is 25.2. The summed E-state index contributed by atoms with van der Waals surface area (Å²) in [6.07, 6.45) is 0. The van der Waals surface area contributed by atoms with Gasteiger partial charge in [-0.25, -0.2) is 0 Å². The highest BCUT2D eigenvalue weighted by molar-refractivity contribution is 7.30. The second-order valence-corrected chi connectivity index (χ2v) is 8.31. The highest BCUT2D eigenvalue weighted by Crippen LogP contribution is 2.36. The largest absolute Gasteiger partial charge is 0.456 e. The lowest BCUT2D eigenvalue weighted by molar-refractivity contribution is -0.384. The van der Waals surface area contributed by atoms with Gasteiger partial charge >= 0.3 is 8.25 Å². The van der Waals surface area contributed by atoms with E-state index in [4.69, 9.17) is 42.3 Å². The van der Waals surface area contributed by atoms with Gasteiger partial charge in [-0.1, -0.05) is 37.0 Å². The van der Waals surface area contributed by atoms with Crippen LogP contribution in [-0.2, 0) is 4.57 Å². The molecule has 0 bridgehead atoms. The van der Waals surface area contributed by atoms with Gasteiger partial charge in [-0.2, -0.15) is 0 Å². The fourth-order valence-electron chi connectivity index (χ4n) is 2.01. The Labute approximate surface area is 179 Å². The van der Waals surface area contributed by atoms with Crippen molar-refractivity contribution in [3.63, 3.8) is 0 Å². The Hall–Kier alpha value is -1.83. The molecule has 29 heavy (non-hydrogen) atoms. The third-order valence-electron chi connectivity index (χ3n) is 4.19. The summed E-state index contributed by atoms with van der Waals surface area (Å²) in [6.45, 7) is 8.08. The number of nitrogens with one attached hydrogen (secondary N) is 1. The van der Waals surface area contributed by atoms with E-state index in [0.717, 1.165) is 0 Å². The van der Waals surface area contributed by atoms with Crippen LogP contribution in [0.4, 0.5) is 11.4 Å². The average molecular weight is 465 g/mol. The van der Waals surface area contributed by atoms with Crippen molar-refractivity contribution in [2.75, 3.05) is 5.32 Å². The fourth-order valence-corrected chi connectivity index (χ4v) is 2.46. The predicted molar refractivity (Wildman–Crippen MR) is 116 cm³/mol. The molecule has 11 heteroatoms. The number of ether oxygens (including phenoxy) is 1. The van der Waals surface area contributed by atoms with Crippen molar-refractivity contribution in [1.29, 1.82) is 0 Å². The van der Waals surface area contributed by atoms with Gasteiger partial charge in [0.2, 0.25) is 0 Å². The molecule has 0 heterocycles. The summed E-state index contributed by atoms with van der Waals surface area (Å²) in [5, 5.41) is 15.4. The lowest BCUT2D eigenvalue weighted by Crippen LogP contribution is -2.36. The minimum absolute atomic E-state index is 0.0109. The second kappa shape index (κ2) is 10.8. The van der Waals surface area contributed by atoms with E-state index in [1.807, 2.05) is 27.7 Å². The zero-order valence-electron chi connectivity index (χ0n) is 16.3. The minimum Gasteiger partial charge on any atom is -0.456 e. The van der Waals surface area contributed by atoms with Crippen LogP contribution in [0.1, 0.15) is 27.7 Å². The molecule has 0 aliphatic carbocycles. The Morgan fingerprint density at radius 1 is 1.17 bits per heavy atom. The molecule has 160 valence electrons. The van der Waals surface area contributed by atoms with Gasteiger partial charge in [0.05, 0.1) is 9.95 Å². The van der Waals surface area contributed by atoms with Gasteiger partial charge in [0.25, 0.3) is 5.69 Å². The number of benzene rings is 2. The maximum absolute atomic E-state index is 11.3. The number of anilines is 1. The first-order chi connectivity index (χ1) is 13.3. The van der Waals surface area contributed by atoms with Gasteiger partial charge in [-0.3, -0.25) is 14.7 Å². The predicted octanol–water partition coefficient (Wildman–Crippen LogP) is 5.90. The molecule has 0 atom stereocenters. The lowest BCUT2D eigenvalue weighted by atomic mass is 9.90. The molecule has 0 spiro atoms. The van der Waals surface area contributed by atoms with Crippen molar-refractivity contribution in [2.45, 2.75) is 33.2 Å². The van der Waals surface area contributed by atoms with Crippen LogP contribution in [0.2, 0.25) is 10.0 Å². The summed E-state index contributed by atoms with van der Waals surface area (Å²) < 4.78 is 14.5. The van der Waals surface area contributed by atoms with Crippen LogP contribution < -0.4 is 10.1 Å². The van der Waals surface area contributed by atoms with Crippen molar-refractivity contribution in [1.82, 2.24) is 0 Å². The van der Waals surface area contributed by atoms with Crippen molar-refractivity contribution >= 4 is 42.8 Å². The molecule has 3 N–H and O–H groups in total. The standard InChI is InChI=1S/C18H20Cl2N2O3.H3O3P/c1-11(2)18(3,4)21-15-10-13(6-7-16(15)22(23)24)25-17-8-5-12(19)9-14(17)20;1-4(2)3/h5-11,21H,1-4H3;4H,(H2,1,2,3). The monoisotopic (exact) mass is 464 g/mol. The molecular formula is C18H23Cl2N2O6P. The van der Waals surface area contributed by atoms with E-state index in [9.17, 15) is 10.1 Å². The smallest absolute Gasteiger partial charge is 0.314 e. The van der Waals surface area contributed by atoms with Crippen LogP contribution in [0.3, 0.4) is 0 Å². The molecule has 0 saturated heterocycles. The zero-order valence-corrected chi connectivity index (χ0v) is 18.8. The van der Waals surface area contributed by atoms with Crippen molar-refractivity contribution in [3.8, 4) is 11.5 Å². The third-order valence-corrected chi connectivity index (χ3v) is 4.72. The van der Waals surface area contributed by atoms with Gasteiger partial charge in [-0.05, 0) is 44.0 Å². The topological polar surface area (TPSA) is 122 Å². The maximum Gasteiger partial charge on any atom is 0.314 e. The number of nitro benzene ring substituents is 1. The molecule has 2 aromatic carbocycles. The highest BCUT2D eigenvalue weighted by atomic mass is 35.5. The van der Waals surface area contributed by atoms with Gasteiger partial charge in [0, 0.05) is 22.7 Å². The summed E-state index contributed by atoms with van der Waals surface area (Å²) >= 11 is 12.0. The number of nitrogens with zero attached hydrogens (tertiary/aromatic N) is 1. The second-order valence-electron chi connectivity index (χ2n) is 6.90. The Bertz CT molecular complexity index is 889. The molecule has 2 rings (SSSR count). The first-order valence-corrected chi connectivity index (χ1v) is 10.5. The van der Waals surface area contributed by atoms with Crippen LogP contribution in [0.5, 0.6) is 11.5 Å². The molecule has 8 nitrogen and oxygen atoms in total. The Morgan fingerprint density at radius 3 is 2.24 bits per heavy atom. The molecule has 0 aliphatic rings. The SMILES string of the molecule is CC(C)C(C)(C)Nc1cc(Oc2ccc(Cl)cc2Cl)ccc1[N+](=O)[O-].O=[PH](O)O. The molecule has 0 aliphatic heterocycles. The summed E-state index contributed by atoms with van der Waals surface area (Å²) in [4.78, 5) is 25.2. The molecule has 0 unspecified atom stereocenters. The van der Waals surface area contributed by atoms with E-state index in [1.165, 1.54) is 12.1 Å². The van der Waals surface area contributed by atoms with Crippen molar-refractivity contribution < 1.29 is 24.0 Å². The Morgan fingerprint density at radius 2 is 1.76 bits per heavy atom. The zero-order chi connectivity index (χ0) is 22.4. The third kappa shape index (κ3) is 8.20. The van der Waals surface area contributed by atoms with Gasteiger partial charge in [0.15, 0.2) is 0 Å². The molecule has 2 aromatic rings.